The number of hydrogen-bond donors (Lipinski definition) is 1. The van der Waals surface area contributed by atoms with E-state index < -0.39 is 17.7 Å². The molecule has 1 fully saturated rings. The highest BCUT2D eigenvalue weighted by molar-refractivity contribution is 7.22. The summed E-state index contributed by atoms with van der Waals surface area (Å²) in [5.74, 6) is -0.266. The first-order valence-electron chi connectivity index (χ1n) is 12.0. The number of fused-ring (bicyclic) bond motifs is 1. The van der Waals surface area contributed by atoms with Crippen LogP contribution in [-0.4, -0.2) is 42.6 Å². The Balaban J connectivity index is 1.75. The van der Waals surface area contributed by atoms with Gasteiger partial charge in [0.05, 0.1) is 36.6 Å². The van der Waals surface area contributed by atoms with Crippen LogP contribution in [0.3, 0.4) is 0 Å². The smallest absolute Gasteiger partial charge is 0.301 e. The minimum atomic E-state index is -1.01. The number of Topliss-reactive ketones (excluding diaryl/α,β-unsaturated/α-hetero) is 1. The Kier molecular flexibility index (Phi) is 6.77. The largest absolute Gasteiger partial charge is 0.507 e. The Labute approximate surface area is 223 Å². The van der Waals surface area contributed by atoms with E-state index in [-0.39, 0.29) is 11.3 Å². The first kappa shape index (κ1) is 25.3. The molecule has 0 unspecified atom stereocenters. The summed E-state index contributed by atoms with van der Waals surface area (Å²) >= 11 is 1.26. The van der Waals surface area contributed by atoms with Gasteiger partial charge in [-0.2, -0.15) is 0 Å². The van der Waals surface area contributed by atoms with E-state index >= 15 is 0 Å². The van der Waals surface area contributed by atoms with Crippen LogP contribution in [0.15, 0.2) is 66.2 Å². The zero-order valence-corrected chi connectivity index (χ0v) is 22.2. The number of aliphatic hydroxyl groups excluding tert-OH is 1. The number of carbonyl (C=O) groups is 2. The number of ether oxygens (including phenoxy) is 3. The zero-order valence-electron chi connectivity index (χ0n) is 21.3. The minimum absolute atomic E-state index is 0.0559. The van der Waals surface area contributed by atoms with Crippen LogP contribution in [0.1, 0.15) is 29.7 Å². The van der Waals surface area contributed by atoms with Crippen molar-refractivity contribution in [1.82, 2.24) is 4.98 Å². The van der Waals surface area contributed by atoms with Gasteiger partial charge in [-0.05, 0) is 50.2 Å². The number of thiazole rings is 1. The number of carbonyl (C=O) groups excluding carboxylic acids is 2. The lowest BCUT2D eigenvalue weighted by molar-refractivity contribution is -0.132. The highest BCUT2D eigenvalue weighted by Gasteiger charge is 2.49. The number of nitrogens with zero attached hydrogens (tertiary/aromatic N) is 2. The van der Waals surface area contributed by atoms with Gasteiger partial charge in [-0.15, -0.1) is 0 Å². The topological polar surface area (TPSA) is 98.2 Å². The molecule has 1 aromatic heterocycles. The van der Waals surface area contributed by atoms with Crippen molar-refractivity contribution < 1.29 is 28.9 Å². The van der Waals surface area contributed by atoms with Crippen molar-refractivity contribution in [1.29, 1.82) is 0 Å². The van der Waals surface area contributed by atoms with E-state index in [4.69, 9.17) is 14.2 Å². The van der Waals surface area contributed by atoms with Crippen molar-refractivity contribution in [2.75, 3.05) is 25.7 Å². The molecule has 1 atom stereocenters. The fourth-order valence-corrected chi connectivity index (χ4v) is 5.52. The summed E-state index contributed by atoms with van der Waals surface area (Å²) in [7, 11) is 3.03. The third kappa shape index (κ3) is 4.35. The van der Waals surface area contributed by atoms with Crippen molar-refractivity contribution in [3.63, 3.8) is 0 Å². The number of ketones is 1. The molecule has 8 nitrogen and oxygen atoms in total. The standard InChI is InChI=1S/C29H26N2O6S/c1-5-37-19-10-12-21-23(15-19)38-29(30-21)31-25(20-14-18(35-3)11-13-22(20)36-4)24(27(33)28(31)34)26(32)17-8-6-16(2)7-9-17/h6-15,25,32H,5H2,1-4H3/t25-/m0/s1. The van der Waals surface area contributed by atoms with E-state index in [1.165, 1.54) is 30.5 Å². The molecule has 0 saturated carbocycles. The molecule has 1 aliphatic rings. The summed E-state index contributed by atoms with van der Waals surface area (Å²) < 4.78 is 17.5. The van der Waals surface area contributed by atoms with E-state index in [1.807, 2.05) is 44.2 Å². The fraction of sp³-hybridized carbons (Fsp3) is 0.207. The maximum Gasteiger partial charge on any atom is 0.301 e. The van der Waals surface area contributed by atoms with Crippen LogP contribution in [0, 0.1) is 6.92 Å². The second-order valence-corrected chi connectivity index (χ2v) is 9.71. The summed E-state index contributed by atoms with van der Waals surface area (Å²) in [5.41, 5.74) is 2.50. The molecule has 5 rings (SSSR count). The van der Waals surface area contributed by atoms with Crippen molar-refractivity contribution in [2.24, 2.45) is 0 Å². The molecular formula is C29H26N2O6S. The van der Waals surface area contributed by atoms with Crippen LogP contribution in [-0.2, 0) is 9.59 Å². The van der Waals surface area contributed by atoms with E-state index in [0.717, 1.165) is 10.3 Å². The quantitative estimate of drug-likeness (QED) is 0.187. The molecule has 38 heavy (non-hydrogen) atoms. The van der Waals surface area contributed by atoms with Gasteiger partial charge in [0, 0.05) is 11.1 Å². The Hall–Kier alpha value is -4.37. The van der Waals surface area contributed by atoms with Crippen molar-refractivity contribution >= 4 is 44.1 Å². The third-order valence-electron chi connectivity index (χ3n) is 6.37. The molecule has 194 valence electrons. The van der Waals surface area contributed by atoms with Gasteiger partial charge in [0.1, 0.15) is 29.0 Å². The molecule has 1 saturated heterocycles. The summed E-state index contributed by atoms with van der Waals surface area (Å²) in [5, 5.41) is 11.7. The van der Waals surface area contributed by atoms with E-state index in [0.29, 0.717) is 45.6 Å². The number of aliphatic hydroxyl groups is 1. The van der Waals surface area contributed by atoms with Crippen molar-refractivity contribution in [3.05, 3.63) is 82.9 Å². The highest BCUT2D eigenvalue weighted by Crippen LogP contribution is 2.47. The number of rotatable bonds is 7. The maximum absolute atomic E-state index is 13.6. The van der Waals surface area contributed by atoms with E-state index in [2.05, 4.69) is 4.98 Å². The normalized spacial score (nSPS) is 16.7. The molecule has 1 amide bonds. The Bertz CT molecular complexity index is 1570. The zero-order chi connectivity index (χ0) is 27.0. The van der Waals surface area contributed by atoms with Crippen LogP contribution >= 0.6 is 11.3 Å². The fourth-order valence-electron chi connectivity index (χ4n) is 4.50. The van der Waals surface area contributed by atoms with Gasteiger partial charge in [0.15, 0.2) is 5.13 Å². The second-order valence-electron chi connectivity index (χ2n) is 8.70. The first-order chi connectivity index (χ1) is 18.4. The highest BCUT2D eigenvalue weighted by atomic mass is 32.1. The predicted molar refractivity (Wildman–Crippen MR) is 146 cm³/mol. The van der Waals surface area contributed by atoms with E-state index in [9.17, 15) is 14.7 Å². The van der Waals surface area contributed by atoms with Gasteiger partial charge >= 0.3 is 5.91 Å². The van der Waals surface area contributed by atoms with Crippen LogP contribution in [0.25, 0.3) is 16.0 Å². The SMILES string of the molecule is CCOc1ccc2nc(N3C(=O)C(=O)C(=C(O)c4ccc(C)cc4)[C@@H]3c3cc(OC)ccc3OC)sc2c1. The molecule has 1 aliphatic heterocycles. The number of methoxy groups -OCH3 is 2. The Morgan fingerprint density at radius 3 is 2.42 bits per heavy atom. The molecule has 4 aromatic rings. The molecule has 0 aliphatic carbocycles. The second kappa shape index (κ2) is 10.2. The number of aryl methyl sites for hydroxylation is 1. The van der Waals surface area contributed by atoms with Gasteiger partial charge in [-0.25, -0.2) is 4.98 Å². The van der Waals surface area contributed by atoms with Gasteiger partial charge in [-0.3, -0.25) is 14.5 Å². The lowest BCUT2D eigenvalue weighted by Gasteiger charge is -2.25. The molecule has 1 N–H and O–H groups in total. The number of hydrogen-bond acceptors (Lipinski definition) is 8. The predicted octanol–water partition coefficient (Wildman–Crippen LogP) is 5.65. The minimum Gasteiger partial charge on any atom is -0.507 e. The van der Waals surface area contributed by atoms with Crippen molar-refractivity contribution in [2.45, 2.75) is 19.9 Å². The first-order valence-corrected chi connectivity index (χ1v) is 12.8. The summed E-state index contributed by atoms with van der Waals surface area (Å²) in [6.07, 6.45) is 0. The van der Waals surface area contributed by atoms with E-state index in [1.54, 1.807) is 30.3 Å². The lowest BCUT2D eigenvalue weighted by Crippen LogP contribution is -2.29. The number of benzene rings is 3. The third-order valence-corrected chi connectivity index (χ3v) is 7.38. The maximum atomic E-state index is 13.6. The summed E-state index contributed by atoms with van der Waals surface area (Å²) in [4.78, 5) is 33.1. The van der Waals surface area contributed by atoms with Gasteiger partial charge < -0.3 is 19.3 Å². The number of aromatic nitrogens is 1. The molecule has 0 radical (unpaired) electrons. The van der Waals surface area contributed by atoms with Crippen molar-refractivity contribution in [3.8, 4) is 17.2 Å². The average molecular weight is 531 g/mol. The van der Waals surface area contributed by atoms with Crippen LogP contribution < -0.4 is 19.1 Å². The van der Waals surface area contributed by atoms with Gasteiger partial charge in [-0.1, -0.05) is 41.2 Å². The molecule has 9 heteroatoms. The Morgan fingerprint density at radius 1 is 1.00 bits per heavy atom. The monoisotopic (exact) mass is 530 g/mol. The summed E-state index contributed by atoms with van der Waals surface area (Å²) in [6.45, 7) is 4.34. The molecule has 2 heterocycles. The summed E-state index contributed by atoms with van der Waals surface area (Å²) in [6, 6.07) is 16.7. The average Bonchev–Trinajstić information content (AvgIpc) is 3.46. The lowest BCUT2D eigenvalue weighted by atomic mass is 9.94. The van der Waals surface area contributed by atoms with Gasteiger partial charge in [0.25, 0.3) is 5.78 Å². The molecule has 0 spiro atoms. The van der Waals surface area contributed by atoms with Crippen LogP contribution in [0.4, 0.5) is 5.13 Å². The number of amides is 1. The van der Waals surface area contributed by atoms with Gasteiger partial charge in [0.2, 0.25) is 0 Å². The molecule has 3 aromatic carbocycles. The van der Waals surface area contributed by atoms with Crippen LogP contribution in [0.2, 0.25) is 0 Å². The van der Waals surface area contributed by atoms with Crippen LogP contribution in [0.5, 0.6) is 17.2 Å². The molecule has 0 bridgehead atoms. The number of anilines is 1. The molecular weight excluding hydrogens is 504 g/mol. The Morgan fingerprint density at radius 2 is 1.74 bits per heavy atom.